The van der Waals surface area contributed by atoms with Crippen molar-refractivity contribution >= 4 is 12.4 Å². The lowest BCUT2D eigenvalue weighted by atomic mass is 10.0. The number of rotatable bonds is 5. The summed E-state index contributed by atoms with van der Waals surface area (Å²) in [5, 5.41) is 26.1. The highest BCUT2D eigenvalue weighted by Crippen LogP contribution is 2.13. The van der Waals surface area contributed by atoms with Crippen LogP contribution in [0.2, 0.25) is 0 Å². The predicted molar refractivity (Wildman–Crippen MR) is 86.6 cm³/mol. The van der Waals surface area contributed by atoms with Gasteiger partial charge in [0.1, 0.15) is 11.8 Å². The lowest BCUT2D eigenvalue weighted by Crippen LogP contribution is -1.98. The normalized spacial score (nSPS) is 13.5. The fraction of sp³-hybridized carbons (Fsp3) is 0.111. The summed E-state index contributed by atoms with van der Waals surface area (Å²) < 4.78 is 0. The molecule has 0 bridgehead atoms. The second-order valence-corrected chi connectivity index (χ2v) is 4.56. The van der Waals surface area contributed by atoms with Gasteiger partial charge in [0.2, 0.25) is 0 Å². The van der Waals surface area contributed by atoms with Crippen molar-refractivity contribution in [3.05, 3.63) is 71.8 Å². The second-order valence-electron chi connectivity index (χ2n) is 4.56. The molecule has 0 aliphatic carbocycles. The molecule has 0 saturated carbocycles. The Morgan fingerprint density at radius 2 is 1.05 bits per heavy atom. The zero-order valence-electron chi connectivity index (χ0n) is 11.9. The van der Waals surface area contributed by atoms with Gasteiger partial charge in [0.25, 0.3) is 0 Å². The summed E-state index contributed by atoms with van der Waals surface area (Å²) in [7, 11) is 0. The summed E-state index contributed by atoms with van der Waals surface area (Å²) >= 11 is 0. The van der Waals surface area contributed by atoms with E-state index in [-0.39, 0.29) is 0 Å². The fourth-order valence-electron chi connectivity index (χ4n) is 1.92. The summed E-state index contributed by atoms with van der Waals surface area (Å²) in [5.41, 5.74) is 1.73. The first-order chi connectivity index (χ1) is 10.8. The van der Waals surface area contributed by atoms with E-state index in [9.17, 15) is 0 Å². The second kappa shape index (κ2) is 8.14. The quantitative estimate of drug-likeness (QED) is 0.621. The highest BCUT2D eigenvalue weighted by atomic mass is 15.2. The van der Waals surface area contributed by atoms with Gasteiger partial charge in [0, 0.05) is 12.4 Å². The molecular formula is C18H14N4. The summed E-state index contributed by atoms with van der Waals surface area (Å²) in [6, 6.07) is 23.1. The van der Waals surface area contributed by atoms with Gasteiger partial charge in [-0.1, -0.05) is 60.7 Å². The average molecular weight is 286 g/mol. The molecule has 0 heterocycles. The van der Waals surface area contributed by atoms with Crippen LogP contribution in [0.5, 0.6) is 0 Å². The molecule has 2 aromatic rings. The molecular weight excluding hydrogens is 272 g/mol. The van der Waals surface area contributed by atoms with Crippen LogP contribution in [0.15, 0.2) is 70.9 Å². The molecule has 0 spiro atoms. The van der Waals surface area contributed by atoms with Gasteiger partial charge in [-0.3, -0.25) is 0 Å². The minimum atomic E-state index is -0.449. The number of benzene rings is 2. The summed E-state index contributed by atoms with van der Waals surface area (Å²) in [4.78, 5) is 0. The van der Waals surface area contributed by atoms with E-state index in [0.29, 0.717) is 0 Å². The highest BCUT2D eigenvalue weighted by Gasteiger charge is 2.07. The molecule has 0 fully saturated rings. The molecule has 0 saturated heterocycles. The van der Waals surface area contributed by atoms with Crippen molar-refractivity contribution in [2.45, 2.75) is 11.8 Å². The summed E-state index contributed by atoms with van der Waals surface area (Å²) in [5.74, 6) is -0.897. The predicted octanol–water partition coefficient (Wildman–Crippen LogP) is 3.66. The smallest absolute Gasteiger partial charge is 0.108 e. The van der Waals surface area contributed by atoms with Crippen molar-refractivity contribution in [2.75, 3.05) is 0 Å². The maximum atomic E-state index is 9.17. The van der Waals surface area contributed by atoms with Gasteiger partial charge in [0.05, 0.1) is 12.1 Å². The molecule has 22 heavy (non-hydrogen) atoms. The molecule has 2 atom stereocenters. The highest BCUT2D eigenvalue weighted by molar-refractivity contribution is 5.74. The molecule has 0 radical (unpaired) electrons. The van der Waals surface area contributed by atoms with Crippen molar-refractivity contribution in [3.8, 4) is 12.1 Å². The number of hydrogen-bond acceptors (Lipinski definition) is 4. The Labute approximate surface area is 129 Å². The number of nitriles is 2. The van der Waals surface area contributed by atoms with E-state index in [1.165, 1.54) is 12.4 Å². The van der Waals surface area contributed by atoms with E-state index >= 15 is 0 Å². The molecule has 0 aliphatic heterocycles. The van der Waals surface area contributed by atoms with E-state index in [4.69, 9.17) is 10.5 Å². The van der Waals surface area contributed by atoms with E-state index in [1.54, 1.807) is 0 Å². The lowest BCUT2D eigenvalue weighted by molar-refractivity contribution is 1.11. The zero-order valence-corrected chi connectivity index (χ0v) is 11.9. The summed E-state index contributed by atoms with van der Waals surface area (Å²) in [6.45, 7) is 0. The minimum absolute atomic E-state index is 0.449. The van der Waals surface area contributed by atoms with Gasteiger partial charge in [-0.05, 0) is 11.1 Å². The van der Waals surface area contributed by atoms with Gasteiger partial charge in [-0.2, -0.15) is 20.7 Å². The Bertz CT molecular complexity index is 656. The van der Waals surface area contributed by atoms with Crippen LogP contribution in [0.25, 0.3) is 0 Å². The molecule has 4 heteroatoms. The van der Waals surface area contributed by atoms with Gasteiger partial charge in [-0.25, -0.2) is 0 Å². The van der Waals surface area contributed by atoms with Crippen LogP contribution in [0.1, 0.15) is 23.0 Å². The van der Waals surface area contributed by atoms with E-state index in [2.05, 4.69) is 22.3 Å². The van der Waals surface area contributed by atoms with E-state index < -0.39 is 11.8 Å². The largest absolute Gasteiger partial charge is 0.197 e. The first-order valence-corrected chi connectivity index (χ1v) is 6.81. The average Bonchev–Trinajstić information content (AvgIpc) is 2.60. The van der Waals surface area contributed by atoms with Crippen LogP contribution in [0, 0.1) is 22.7 Å². The molecule has 0 N–H and O–H groups in total. The van der Waals surface area contributed by atoms with Crippen LogP contribution in [-0.2, 0) is 0 Å². The minimum Gasteiger partial charge on any atom is -0.197 e. The third kappa shape index (κ3) is 4.13. The topological polar surface area (TPSA) is 72.3 Å². The van der Waals surface area contributed by atoms with Crippen LogP contribution < -0.4 is 0 Å². The Kier molecular flexibility index (Phi) is 5.61. The van der Waals surface area contributed by atoms with Crippen LogP contribution >= 0.6 is 0 Å². The van der Waals surface area contributed by atoms with E-state index in [1.807, 2.05) is 60.7 Å². The third-order valence-corrected chi connectivity index (χ3v) is 3.09. The molecule has 106 valence electrons. The molecule has 2 unspecified atom stereocenters. The maximum absolute atomic E-state index is 9.17. The Morgan fingerprint density at radius 3 is 1.36 bits per heavy atom. The maximum Gasteiger partial charge on any atom is 0.108 e. The zero-order chi connectivity index (χ0) is 15.6. The molecule has 2 rings (SSSR count). The standard InChI is InChI=1S/C18H14N4/c19-11-17(15-7-3-1-4-8-15)13-21-22-14-18(12-20)16-9-5-2-6-10-16/h1-10,13-14,17-18H/b21-13+,22-14+. The molecule has 0 aliphatic rings. The number of hydrogen-bond donors (Lipinski definition) is 0. The monoisotopic (exact) mass is 286 g/mol. The van der Waals surface area contributed by atoms with Crippen LogP contribution in [0.4, 0.5) is 0 Å². The fourth-order valence-corrected chi connectivity index (χ4v) is 1.92. The van der Waals surface area contributed by atoms with Gasteiger partial charge >= 0.3 is 0 Å². The van der Waals surface area contributed by atoms with Gasteiger partial charge in [-0.15, -0.1) is 0 Å². The SMILES string of the molecule is N#CC(/C=N/N=C/C(C#N)c1ccccc1)c1ccccc1. The third-order valence-electron chi connectivity index (χ3n) is 3.09. The Morgan fingerprint density at radius 1 is 0.682 bits per heavy atom. The van der Waals surface area contributed by atoms with Gasteiger partial charge in [0.15, 0.2) is 0 Å². The van der Waals surface area contributed by atoms with Crippen molar-refractivity contribution in [1.82, 2.24) is 0 Å². The molecule has 0 amide bonds. The first-order valence-electron chi connectivity index (χ1n) is 6.81. The van der Waals surface area contributed by atoms with Crippen molar-refractivity contribution < 1.29 is 0 Å². The Balaban J connectivity index is 2.05. The van der Waals surface area contributed by atoms with Gasteiger partial charge < -0.3 is 0 Å². The van der Waals surface area contributed by atoms with Crippen LogP contribution in [0.3, 0.4) is 0 Å². The first kappa shape index (κ1) is 15.2. The lowest BCUT2D eigenvalue weighted by Gasteiger charge is -2.02. The molecule has 2 aromatic carbocycles. The van der Waals surface area contributed by atoms with Crippen molar-refractivity contribution in [1.29, 1.82) is 10.5 Å². The Hall–Kier alpha value is -3.24. The molecule has 0 aromatic heterocycles. The van der Waals surface area contributed by atoms with Crippen molar-refractivity contribution in [3.63, 3.8) is 0 Å². The number of nitrogens with zero attached hydrogens (tertiary/aromatic N) is 4. The summed E-state index contributed by atoms with van der Waals surface area (Å²) in [6.07, 6.45) is 2.95. The molecule has 4 nitrogen and oxygen atoms in total. The van der Waals surface area contributed by atoms with Crippen molar-refractivity contribution in [2.24, 2.45) is 10.2 Å². The van der Waals surface area contributed by atoms with E-state index in [0.717, 1.165) is 11.1 Å². The van der Waals surface area contributed by atoms with Crippen LogP contribution in [-0.4, -0.2) is 12.4 Å².